The third-order valence-electron chi connectivity index (χ3n) is 3.01. The maximum Gasteiger partial charge on any atom is 0.247 e. The van der Waals surface area contributed by atoms with Gasteiger partial charge in [-0.1, -0.05) is 29.3 Å². The topological polar surface area (TPSA) is 54.0 Å². The molecule has 0 spiro atoms. The Morgan fingerprint density at radius 1 is 1.24 bits per heavy atom. The van der Waals surface area contributed by atoms with Crippen molar-refractivity contribution in [2.75, 3.05) is 10.6 Å². The van der Waals surface area contributed by atoms with E-state index in [1.54, 1.807) is 19.1 Å². The predicted molar refractivity (Wildman–Crippen MR) is 87.2 cm³/mol. The van der Waals surface area contributed by atoms with E-state index in [1.165, 1.54) is 6.20 Å². The first-order chi connectivity index (χ1) is 9.97. The molecule has 1 atom stereocenters. The van der Waals surface area contributed by atoms with Gasteiger partial charge in [0.15, 0.2) is 0 Å². The lowest BCUT2D eigenvalue weighted by Gasteiger charge is -2.17. The van der Waals surface area contributed by atoms with E-state index < -0.39 is 6.04 Å². The molecule has 6 heteroatoms. The smallest absolute Gasteiger partial charge is 0.247 e. The van der Waals surface area contributed by atoms with Crippen molar-refractivity contribution in [1.82, 2.24) is 4.98 Å². The maximum absolute atomic E-state index is 12.1. The Hall–Kier alpha value is -1.78. The highest BCUT2D eigenvalue weighted by Crippen LogP contribution is 2.23. The maximum atomic E-state index is 12.1. The number of anilines is 2. The molecule has 0 bridgehead atoms. The minimum Gasteiger partial charge on any atom is -0.374 e. The first kappa shape index (κ1) is 15.6. The molecule has 1 aromatic carbocycles. The highest BCUT2D eigenvalue weighted by Gasteiger charge is 2.14. The minimum absolute atomic E-state index is 0.191. The van der Waals surface area contributed by atoms with Crippen LogP contribution in [0.15, 0.2) is 36.5 Å². The second-order valence-electron chi connectivity index (χ2n) is 4.63. The molecule has 0 fully saturated rings. The Balaban J connectivity index is 2.02. The monoisotopic (exact) mass is 323 g/mol. The molecular weight excluding hydrogens is 309 g/mol. The normalized spacial score (nSPS) is 11.8. The van der Waals surface area contributed by atoms with Crippen LogP contribution in [0.5, 0.6) is 0 Å². The Morgan fingerprint density at radius 3 is 2.67 bits per heavy atom. The molecule has 1 amide bonds. The van der Waals surface area contributed by atoms with E-state index in [0.717, 1.165) is 11.3 Å². The molecule has 0 aliphatic rings. The Morgan fingerprint density at radius 2 is 2.00 bits per heavy atom. The number of hydrogen-bond acceptors (Lipinski definition) is 3. The molecule has 0 saturated heterocycles. The summed E-state index contributed by atoms with van der Waals surface area (Å²) in [5, 5.41) is 7.03. The third-order valence-corrected chi connectivity index (χ3v) is 3.64. The predicted octanol–water partition coefficient (Wildman–Crippen LogP) is 4.14. The first-order valence-corrected chi connectivity index (χ1v) is 7.17. The number of hydrogen-bond donors (Lipinski definition) is 2. The highest BCUT2D eigenvalue weighted by atomic mass is 35.5. The summed E-state index contributed by atoms with van der Waals surface area (Å²) in [6.07, 6.45) is 1.48. The van der Waals surface area contributed by atoms with Crippen LogP contribution in [-0.4, -0.2) is 16.9 Å². The molecule has 2 aromatic rings. The Kier molecular flexibility index (Phi) is 5.04. The number of carbonyl (C=O) groups is 1. The molecule has 4 nitrogen and oxygen atoms in total. The number of aromatic nitrogens is 1. The second kappa shape index (κ2) is 6.78. The third kappa shape index (κ3) is 4.09. The summed E-state index contributed by atoms with van der Waals surface area (Å²) in [5.74, 6) is 0.269. The molecule has 1 aromatic heterocycles. The molecule has 0 radical (unpaired) electrons. The van der Waals surface area contributed by atoms with Crippen LogP contribution in [0.3, 0.4) is 0 Å². The fourth-order valence-electron chi connectivity index (χ4n) is 1.75. The molecular formula is C15H15Cl2N3O. The van der Waals surface area contributed by atoms with Gasteiger partial charge in [-0.25, -0.2) is 4.98 Å². The van der Waals surface area contributed by atoms with Crippen molar-refractivity contribution in [1.29, 1.82) is 0 Å². The number of nitrogens with one attached hydrogen (secondary N) is 2. The fourth-order valence-corrected chi connectivity index (χ4v) is 2.03. The lowest BCUT2D eigenvalue weighted by Crippen LogP contribution is -2.32. The number of nitrogens with zero attached hydrogens (tertiary/aromatic N) is 1. The van der Waals surface area contributed by atoms with E-state index in [1.807, 2.05) is 25.1 Å². The van der Waals surface area contributed by atoms with Crippen LogP contribution >= 0.6 is 23.2 Å². The summed E-state index contributed by atoms with van der Waals surface area (Å²) >= 11 is 11.8. The number of halogens is 2. The van der Waals surface area contributed by atoms with Crippen LogP contribution < -0.4 is 10.6 Å². The quantitative estimate of drug-likeness (QED) is 0.889. The van der Waals surface area contributed by atoms with Gasteiger partial charge in [0.05, 0.1) is 5.02 Å². The van der Waals surface area contributed by atoms with Crippen molar-refractivity contribution in [2.24, 2.45) is 0 Å². The molecule has 0 aliphatic heterocycles. The first-order valence-electron chi connectivity index (χ1n) is 6.41. The number of carbonyl (C=O) groups excluding carboxylic acids is 1. The summed E-state index contributed by atoms with van der Waals surface area (Å²) < 4.78 is 0. The van der Waals surface area contributed by atoms with Crippen LogP contribution in [0.4, 0.5) is 11.5 Å². The summed E-state index contributed by atoms with van der Waals surface area (Å²) in [5.41, 5.74) is 1.73. The largest absolute Gasteiger partial charge is 0.374 e. The minimum atomic E-state index is -0.431. The summed E-state index contributed by atoms with van der Waals surface area (Å²) in [6, 6.07) is 8.42. The van der Waals surface area contributed by atoms with E-state index >= 15 is 0 Å². The van der Waals surface area contributed by atoms with Crippen LogP contribution in [0.2, 0.25) is 10.0 Å². The number of pyridine rings is 1. The van der Waals surface area contributed by atoms with Crippen LogP contribution in [0.25, 0.3) is 0 Å². The van der Waals surface area contributed by atoms with Crippen molar-refractivity contribution in [3.05, 3.63) is 52.1 Å². The van der Waals surface area contributed by atoms with Gasteiger partial charge >= 0.3 is 0 Å². The lowest BCUT2D eigenvalue weighted by molar-refractivity contribution is -0.116. The summed E-state index contributed by atoms with van der Waals surface area (Å²) in [7, 11) is 0. The molecule has 1 unspecified atom stereocenters. The van der Waals surface area contributed by atoms with Gasteiger partial charge in [0.1, 0.15) is 11.9 Å². The highest BCUT2D eigenvalue weighted by molar-refractivity contribution is 6.31. The van der Waals surface area contributed by atoms with E-state index in [9.17, 15) is 4.79 Å². The molecule has 1 heterocycles. The lowest BCUT2D eigenvalue weighted by atomic mass is 10.2. The van der Waals surface area contributed by atoms with Crippen molar-refractivity contribution in [2.45, 2.75) is 19.9 Å². The molecule has 2 N–H and O–H groups in total. The van der Waals surface area contributed by atoms with Crippen molar-refractivity contribution in [3.63, 3.8) is 0 Å². The number of amides is 1. The van der Waals surface area contributed by atoms with Crippen LogP contribution in [-0.2, 0) is 4.79 Å². The zero-order valence-electron chi connectivity index (χ0n) is 11.7. The second-order valence-corrected chi connectivity index (χ2v) is 5.47. The van der Waals surface area contributed by atoms with Gasteiger partial charge < -0.3 is 10.6 Å². The van der Waals surface area contributed by atoms with Crippen LogP contribution in [0.1, 0.15) is 12.5 Å². The van der Waals surface area contributed by atoms with Gasteiger partial charge in [-0.2, -0.15) is 0 Å². The standard InChI is InChI=1S/C15H15Cl2N3O/c1-9-12(17)4-3-5-13(9)19-10(2)15(21)20-14-7-6-11(16)8-18-14/h3-8,10,19H,1-2H3,(H,18,20,21). The van der Waals surface area contributed by atoms with E-state index in [0.29, 0.717) is 15.9 Å². The SMILES string of the molecule is Cc1c(Cl)cccc1NC(C)C(=O)Nc1ccc(Cl)cn1. The molecule has 0 saturated carbocycles. The summed E-state index contributed by atoms with van der Waals surface area (Å²) in [4.78, 5) is 16.1. The van der Waals surface area contributed by atoms with Crippen LogP contribution in [0, 0.1) is 6.92 Å². The molecule has 0 aliphatic carbocycles. The number of rotatable bonds is 4. The van der Waals surface area contributed by atoms with Gasteiger partial charge in [-0.3, -0.25) is 4.79 Å². The Bertz CT molecular complexity index is 644. The summed E-state index contributed by atoms with van der Waals surface area (Å²) in [6.45, 7) is 3.67. The van der Waals surface area contributed by atoms with Gasteiger partial charge in [-0.15, -0.1) is 0 Å². The van der Waals surface area contributed by atoms with Crippen molar-refractivity contribution >= 4 is 40.6 Å². The van der Waals surface area contributed by atoms with Crippen molar-refractivity contribution in [3.8, 4) is 0 Å². The van der Waals surface area contributed by atoms with Gasteiger partial charge in [0, 0.05) is 16.9 Å². The number of benzene rings is 1. The molecule has 2 rings (SSSR count). The van der Waals surface area contributed by atoms with E-state index in [-0.39, 0.29) is 5.91 Å². The zero-order valence-corrected chi connectivity index (χ0v) is 13.2. The van der Waals surface area contributed by atoms with E-state index in [2.05, 4.69) is 15.6 Å². The average molecular weight is 324 g/mol. The zero-order chi connectivity index (χ0) is 15.4. The van der Waals surface area contributed by atoms with E-state index in [4.69, 9.17) is 23.2 Å². The average Bonchev–Trinajstić information content (AvgIpc) is 2.46. The Labute approximate surface area is 133 Å². The molecule has 110 valence electrons. The van der Waals surface area contributed by atoms with Gasteiger partial charge in [0.2, 0.25) is 5.91 Å². The van der Waals surface area contributed by atoms with Gasteiger partial charge in [0.25, 0.3) is 0 Å². The fraction of sp³-hybridized carbons (Fsp3) is 0.200. The van der Waals surface area contributed by atoms with Crippen molar-refractivity contribution < 1.29 is 4.79 Å². The van der Waals surface area contributed by atoms with Gasteiger partial charge in [-0.05, 0) is 43.7 Å². The molecule has 21 heavy (non-hydrogen) atoms.